The van der Waals surface area contributed by atoms with Crippen molar-refractivity contribution < 1.29 is 19.1 Å². The van der Waals surface area contributed by atoms with Gasteiger partial charge in [-0.05, 0) is 42.3 Å². The van der Waals surface area contributed by atoms with Gasteiger partial charge in [-0.2, -0.15) is 0 Å². The van der Waals surface area contributed by atoms with Crippen LogP contribution < -0.4 is 25.2 Å². The molecule has 3 aromatic carbocycles. The lowest BCUT2D eigenvalue weighted by Crippen LogP contribution is -2.53. The number of hydrogen-bond acceptors (Lipinski definition) is 4. The molecule has 1 aliphatic rings. The lowest BCUT2D eigenvalue weighted by atomic mass is 10.1. The van der Waals surface area contributed by atoms with E-state index in [0.29, 0.717) is 31.1 Å². The predicted octanol–water partition coefficient (Wildman–Crippen LogP) is 3.46. The molecule has 0 aromatic heterocycles. The topological polar surface area (TPSA) is 91.0 Å². The molecule has 0 bridgehead atoms. The van der Waals surface area contributed by atoms with Crippen molar-refractivity contribution in [2.45, 2.75) is 20.0 Å². The quantitative estimate of drug-likeness (QED) is 0.525. The van der Waals surface area contributed by atoms with Crippen molar-refractivity contribution in [1.82, 2.24) is 10.6 Å². The van der Waals surface area contributed by atoms with Crippen LogP contribution in [0.15, 0.2) is 78.9 Å². The van der Waals surface area contributed by atoms with E-state index in [-0.39, 0.29) is 30.9 Å². The molecule has 0 saturated carbocycles. The second kappa shape index (κ2) is 11.2. The van der Waals surface area contributed by atoms with Gasteiger partial charge in [-0.3, -0.25) is 19.4 Å². The molecule has 0 spiro atoms. The third-order valence-electron chi connectivity index (χ3n) is 5.62. The normalized spacial score (nSPS) is 12.7. The maximum Gasteiger partial charge on any atom is 0.322 e. The number of anilines is 2. The van der Waals surface area contributed by atoms with Crippen molar-refractivity contribution >= 4 is 29.2 Å². The third-order valence-corrected chi connectivity index (χ3v) is 5.62. The summed E-state index contributed by atoms with van der Waals surface area (Å²) in [5.74, 6) is 0.161. The Labute approximate surface area is 204 Å². The fourth-order valence-corrected chi connectivity index (χ4v) is 3.85. The van der Waals surface area contributed by atoms with Gasteiger partial charge in [0, 0.05) is 13.1 Å². The molecule has 0 saturated heterocycles. The van der Waals surface area contributed by atoms with Gasteiger partial charge in [0.25, 0.3) is 0 Å². The van der Waals surface area contributed by atoms with E-state index in [1.807, 2.05) is 61.5 Å². The number of ether oxygens (including phenoxy) is 1. The van der Waals surface area contributed by atoms with Crippen LogP contribution in [-0.4, -0.2) is 37.5 Å². The summed E-state index contributed by atoms with van der Waals surface area (Å²) in [5, 5.41) is 5.72. The first-order chi connectivity index (χ1) is 17.0. The van der Waals surface area contributed by atoms with Gasteiger partial charge < -0.3 is 15.4 Å². The van der Waals surface area contributed by atoms with Crippen molar-refractivity contribution in [3.05, 3.63) is 90.0 Å². The lowest BCUT2D eigenvalue weighted by molar-refractivity contribution is -0.123. The lowest BCUT2D eigenvalue weighted by Gasteiger charge is -2.35. The molecule has 0 atom stereocenters. The van der Waals surface area contributed by atoms with Crippen LogP contribution in [0.1, 0.15) is 18.1 Å². The molecule has 4 rings (SSSR count). The number of carbonyl (C=O) groups excluding carboxylic acids is 3. The Hall–Kier alpha value is -4.33. The fraction of sp³-hybridized carbons (Fsp3) is 0.222. The molecule has 1 heterocycles. The number of amides is 4. The van der Waals surface area contributed by atoms with Crippen LogP contribution in [0.2, 0.25) is 0 Å². The van der Waals surface area contributed by atoms with Gasteiger partial charge in [0.05, 0.1) is 18.0 Å². The van der Waals surface area contributed by atoms with E-state index in [1.165, 1.54) is 9.80 Å². The molecule has 4 amide bonds. The Bertz CT molecular complexity index is 1180. The van der Waals surface area contributed by atoms with Gasteiger partial charge in [-0.15, -0.1) is 0 Å². The van der Waals surface area contributed by atoms with Crippen LogP contribution in [0.5, 0.6) is 5.75 Å². The van der Waals surface area contributed by atoms with E-state index >= 15 is 0 Å². The van der Waals surface area contributed by atoms with E-state index in [2.05, 4.69) is 10.6 Å². The van der Waals surface area contributed by atoms with Crippen molar-refractivity contribution in [2.24, 2.45) is 0 Å². The van der Waals surface area contributed by atoms with Gasteiger partial charge >= 0.3 is 6.03 Å². The van der Waals surface area contributed by atoms with E-state index in [0.717, 1.165) is 16.9 Å². The summed E-state index contributed by atoms with van der Waals surface area (Å²) >= 11 is 0. The Kier molecular flexibility index (Phi) is 7.62. The number of urea groups is 1. The zero-order chi connectivity index (χ0) is 24.6. The molecule has 0 aliphatic carbocycles. The van der Waals surface area contributed by atoms with E-state index in [9.17, 15) is 14.4 Å². The molecule has 2 N–H and O–H groups in total. The first kappa shape index (κ1) is 23.8. The predicted molar refractivity (Wildman–Crippen MR) is 134 cm³/mol. The van der Waals surface area contributed by atoms with Crippen LogP contribution in [0.4, 0.5) is 16.2 Å². The smallest absolute Gasteiger partial charge is 0.322 e. The van der Waals surface area contributed by atoms with Crippen LogP contribution in [0.25, 0.3) is 0 Å². The SMILES string of the molecule is CCOc1ccc(CNC(=O)CN2C(=O)CN(C(=O)NCc3ccccc3)c3ccccc32)cc1. The average molecular weight is 473 g/mol. The highest BCUT2D eigenvalue weighted by atomic mass is 16.5. The minimum Gasteiger partial charge on any atom is -0.494 e. The summed E-state index contributed by atoms with van der Waals surface area (Å²) in [6.45, 7) is 2.92. The number of carbonyl (C=O) groups is 3. The Morgan fingerprint density at radius 1 is 0.829 bits per heavy atom. The summed E-state index contributed by atoms with van der Waals surface area (Å²) in [4.78, 5) is 41.3. The van der Waals surface area contributed by atoms with E-state index < -0.39 is 0 Å². The highest BCUT2D eigenvalue weighted by Gasteiger charge is 2.33. The maximum atomic E-state index is 13.0. The number of para-hydroxylation sites is 2. The zero-order valence-corrected chi connectivity index (χ0v) is 19.6. The number of nitrogens with one attached hydrogen (secondary N) is 2. The first-order valence-electron chi connectivity index (χ1n) is 11.5. The monoisotopic (exact) mass is 472 g/mol. The molecular weight excluding hydrogens is 444 g/mol. The molecule has 0 fully saturated rings. The summed E-state index contributed by atoms with van der Waals surface area (Å²) < 4.78 is 5.43. The molecule has 0 unspecified atom stereocenters. The Morgan fingerprint density at radius 3 is 2.17 bits per heavy atom. The van der Waals surface area contributed by atoms with Gasteiger partial charge in [-0.1, -0.05) is 54.6 Å². The summed E-state index contributed by atoms with van der Waals surface area (Å²) in [6.07, 6.45) is 0. The number of nitrogens with zero attached hydrogens (tertiary/aromatic N) is 2. The molecule has 35 heavy (non-hydrogen) atoms. The van der Waals surface area contributed by atoms with Crippen LogP contribution in [0, 0.1) is 0 Å². The standard InChI is InChI=1S/C27H28N4O4/c1-2-35-22-14-12-21(13-15-22)16-28-25(32)18-30-23-10-6-7-11-24(23)31(19-26(30)33)27(34)29-17-20-8-4-3-5-9-20/h3-15H,2,16-19H2,1H3,(H,28,32)(H,29,34). The third kappa shape index (κ3) is 5.97. The molecular formula is C27H28N4O4. The molecule has 0 radical (unpaired) electrons. The Morgan fingerprint density at radius 2 is 1.46 bits per heavy atom. The molecule has 8 nitrogen and oxygen atoms in total. The van der Waals surface area contributed by atoms with Gasteiger partial charge in [0.1, 0.15) is 18.8 Å². The average Bonchev–Trinajstić information content (AvgIpc) is 2.89. The Balaban J connectivity index is 1.39. The molecule has 180 valence electrons. The van der Waals surface area contributed by atoms with E-state index in [1.54, 1.807) is 24.3 Å². The minimum absolute atomic E-state index is 0.133. The highest BCUT2D eigenvalue weighted by Crippen LogP contribution is 2.33. The number of benzene rings is 3. The maximum absolute atomic E-state index is 13.0. The van der Waals surface area contributed by atoms with Crippen molar-refractivity contribution in [1.29, 1.82) is 0 Å². The molecule has 1 aliphatic heterocycles. The summed E-state index contributed by atoms with van der Waals surface area (Å²) in [5.41, 5.74) is 2.99. The molecule has 3 aromatic rings. The first-order valence-corrected chi connectivity index (χ1v) is 11.5. The van der Waals surface area contributed by atoms with Crippen LogP contribution >= 0.6 is 0 Å². The number of hydrogen-bond donors (Lipinski definition) is 2. The zero-order valence-electron chi connectivity index (χ0n) is 19.6. The van der Waals surface area contributed by atoms with Gasteiger partial charge in [0.15, 0.2) is 0 Å². The van der Waals surface area contributed by atoms with Gasteiger partial charge in [-0.25, -0.2) is 4.79 Å². The second-order valence-electron chi connectivity index (χ2n) is 8.05. The van der Waals surface area contributed by atoms with Crippen molar-refractivity contribution in [3.8, 4) is 5.75 Å². The van der Waals surface area contributed by atoms with Crippen molar-refractivity contribution in [2.75, 3.05) is 29.5 Å². The summed E-state index contributed by atoms with van der Waals surface area (Å²) in [7, 11) is 0. The van der Waals surface area contributed by atoms with Crippen LogP contribution in [-0.2, 0) is 22.7 Å². The van der Waals surface area contributed by atoms with E-state index in [4.69, 9.17) is 4.74 Å². The second-order valence-corrected chi connectivity index (χ2v) is 8.05. The number of rotatable bonds is 8. The van der Waals surface area contributed by atoms with Crippen molar-refractivity contribution in [3.63, 3.8) is 0 Å². The largest absolute Gasteiger partial charge is 0.494 e. The summed E-state index contributed by atoms with van der Waals surface area (Å²) in [6, 6.07) is 23.8. The number of fused-ring (bicyclic) bond motifs is 1. The molecule has 8 heteroatoms. The van der Waals surface area contributed by atoms with Gasteiger partial charge in [0.2, 0.25) is 11.8 Å². The fourth-order valence-electron chi connectivity index (χ4n) is 3.85. The van der Waals surface area contributed by atoms with Crippen LogP contribution in [0.3, 0.4) is 0 Å². The highest BCUT2D eigenvalue weighted by molar-refractivity contribution is 6.12. The minimum atomic E-state index is -0.366.